The zero-order chi connectivity index (χ0) is 21.8. The van der Waals surface area contributed by atoms with E-state index in [1.54, 1.807) is 23.0 Å². The third-order valence-corrected chi connectivity index (χ3v) is 5.07. The van der Waals surface area contributed by atoms with E-state index in [9.17, 15) is 14.0 Å². The smallest absolute Gasteiger partial charge is 0.254 e. The first-order valence-corrected chi connectivity index (χ1v) is 9.84. The minimum absolute atomic E-state index is 0.109. The van der Waals surface area contributed by atoms with E-state index in [-0.39, 0.29) is 12.0 Å². The molecule has 0 radical (unpaired) electrons. The monoisotopic (exact) mass is 416 g/mol. The van der Waals surface area contributed by atoms with Crippen LogP contribution in [-0.2, 0) is 18.3 Å². The molecule has 1 heterocycles. The van der Waals surface area contributed by atoms with Gasteiger partial charge < -0.3 is 10.6 Å². The van der Waals surface area contributed by atoms with E-state index in [0.717, 1.165) is 16.5 Å². The molecule has 0 aliphatic heterocycles. The molecule has 0 spiro atoms. The molecule has 7 heteroatoms. The summed E-state index contributed by atoms with van der Waals surface area (Å²) in [4.78, 5) is 25.9. The summed E-state index contributed by atoms with van der Waals surface area (Å²) in [5.41, 5.74) is 2.22. The number of nitrogens with one attached hydrogen (secondary N) is 2. The maximum absolute atomic E-state index is 14.1. The van der Waals surface area contributed by atoms with E-state index in [1.165, 1.54) is 18.2 Å². The van der Waals surface area contributed by atoms with Crippen LogP contribution in [0.2, 0.25) is 0 Å². The minimum atomic E-state index is -0.901. The number of rotatable bonds is 6. The Kier molecular flexibility index (Phi) is 5.75. The molecule has 4 aromatic rings. The van der Waals surface area contributed by atoms with E-state index in [4.69, 9.17) is 0 Å². The van der Waals surface area contributed by atoms with Crippen molar-refractivity contribution in [1.29, 1.82) is 0 Å². The molecular weight excluding hydrogens is 395 g/mol. The molecular formula is C24H21FN4O2. The quantitative estimate of drug-likeness (QED) is 0.503. The van der Waals surface area contributed by atoms with Crippen molar-refractivity contribution in [2.24, 2.45) is 7.05 Å². The number of aryl methyl sites for hydroxylation is 1. The van der Waals surface area contributed by atoms with Crippen molar-refractivity contribution >= 4 is 28.4 Å². The molecule has 0 bridgehead atoms. The maximum atomic E-state index is 14.1. The Hall–Kier alpha value is -4.00. The van der Waals surface area contributed by atoms with Gasteiger partial charge >= 0.3 is 0 Å². The summed E-state index contributed by atoms with van der Waals surface area (Å²) in [7, 11) is 1.82. The molecule has 0 fully saturated rings. The summed E-state index contributed by atoms with van der Waals surface area (Å²) in [6.07, 6.45) is 1.94. The molecule has 156 valence electrons. The molecule has 6 nitrogen and oxygen atoms in total. The number of nitrogens with zero attached hydrogens (tertiary/aromatic N) is 2. The molecule has 0 aliphatic rings. The molecule has 4 rings (SSSR count). The van der Waals surface area contributed by atoms with Crippen LogP contribution in [0, 0.1) is 5.82 Å². The zero-order valence-corrected chi connectivity index (χ0v) is 16.9. The van der Waals surface area contributed by atoms with Gasteiger partial charge in [-0.2, -0.15) is 5.10 Å². The highest BCUT2D eigenvalue weighted by molar-refractivity contribution is 6.05. The fraction of sp³-hybridized carbons (Fsp3) is 0.125. The third-order valence-electron chi connectivity index (χ3n) is 5.07. The molecule has 0 saturated heterocycles. The molecule has 31 heavy (non-hydrogen) atoms. The Labute approximate surface area is 178 Å². The van der Waals surface area contributed by atoms with Crippen molar-refractivity contribution in [2.75, 3.05) is 5.32 Å². The number of halogens is 1. The van der Waals surface area contributed by atoms with Crippen LogP contribution in [0.25, 0.3) is 10.9 Å². The van der Waals surface area contributed by atoms with E-state index in [2.05, 4.69) is 15.7 Å². The second kappa shape index (κ2) is 8.79. The van der Waals surface area contributed by atoms with Gasteiger partial charge in [0.2, 0.25) is 5.91 Å². The van der Waals surface area contributed by atoms with Gasteiger partial charge in [-0.05, 0) is 29.8 Å². The fourth-order valence-corrected chi connectivity index (χ4v) is 3.45. The van der Waals surface area contributed by atoms with Crippen molar-refractivity contribution in [1.82, 2.24) is 15.1 Å². The SMILES string of the molecule is Cn1ncc2c(NC(=O)C(Cc3ccccc3)NC(=O)c3ccccc3F)cccc21. The molecule has 0 aliphatic carbocycles. The molecule has 3 aromatic carbocycles. The van der Waals surface area contributed by atoms with Gasteiger partial charge in [-0.25, -0.2) is 4.39 Å². The van der Waals surface area contributed by atoms with Gasteiger partial charge in [-0.15, -0.1) is 0 Å². The Morgan fingerprint density at radius 2 is 1.74 bits per heavy atom. The molecule has 1 atom stereocenters. The van der Waals surface area contributed by atoms with Gasteiger partial charge in [-0.3, -0.25) is 14.3 Å². The fourth-order valence-electron chi connectivity index (χ4n) is 3.45. The zero-order valence-electron chi connectivity index (χ0n) is 16.9. The van der Waals surface area contributed by atoms with E-state index in [0.29, 0.717) is 5.69 Å². The largest absolute Gasteiger partial charge is 0.340 e. The van der Waals surface area contributed by atoms with Gasteiger partial charge in [0.15, 0.2) is 0 Å². The van der Waals surface area contributed by atoms with Crippen molar-refractivity contribution in [3.05, 3.63) is 95.9 Å². The van der Waals surface area contributed by atoms with Gasteiger partial charge in [0.05, 0.1) is 23.0 Å². The molecule has 1 aromatic heterocycles. The second-order valence-electron chi connectivity index (χ2n) is 7.19. The molecule has 0 saturated carbocycles. The highest BCUT2D eigenvalue weighted by atomic mass is 19.1. The van der Waals surface area contributed by atoms with Crippen LogP contribution in [0.15, 0.2) is 79.0 Å². The third kappa shape index (κ3) is 4.45. The molecule has 2 N–H and O–H groups in total. The number of fused-ring (bicyclic) bond motifs is 1. The van der Waals surface area contributed by atoms with Crippen molar-refractivity contribution in [3.8, 4) is 0 Å². The Morgan fingerprint density at radius 1 is 1.00 bits per heavy atom. The minimum Gasteiger partial charge on any atom is -0.340 e. The predicted molar refractivity (Wildman–Crippen MR) is 117 cm³/mol. The second-order valence-corrected chi connectivity index (χ2v) is 7.19. The molecule has 1 unspecified atom stereocenters. The van der Waals surface area contributed by atoms with E-state index >= 15 is 0 Å². The highest BCUT2D eigenvalue weighted by Crippen LogP contribution is 2.23. The van der Waals surface area contributed by atoms with Gasteiger partial charge in [-0.1, -0.05) is 48.5 Å². The standard InChI is InChI=1S/C24H21FN4O2/c1-29-22-13-7-12-20(18(22)15-26-29)27-24(31)21(14-16-8-3-2-4-9-16)28-23(30)17-10-5-6-11-19(17)25/h2-13,15,21H,14H2,1H3,(H,27,31)(H,28,30). The van der Waals surface area contributed by atoms with E-state index < -0.39 is 23.7 Å². The first kappa shape index (κ1) is 20.3. The van der Waals surface area contributed by atoms with Crippen molar-refractivity contribution in [3.63, 3.8) is 0 Å². The summed E-state index contributed by atoms with van der Waals surface area (Å²) in [6.45, 7) is 0. The first-order chi connectivity index (χ1) is 15.0. The summed E-state index contributed by atoms with van der Waals surface area (Å²) < 4.78 is 15.8. The number of amides is 2. The van der Waals surface area contributed by atoms with Crippen LogP contribution in [-0.4, -0.2) is 27.6 Å². The predicted octanol–water partition coefficient (Wildman–Crippen LogP) is 3.69. The summed E-state index contributed by atoms with van der Waals surface area (Å²) >= 11 is 0. The number of hydrogen-bond donors (Lipinski definition) is 2. The topological polar surface area (TPSA) is 76.0 Å². The van der Waals surface area contributed by atoms with Crippen LogP contribution < -0.4 is 10.6 Å². The normalized spacial score (nSPS) is 11.8. The van der Waals surface area contributed by atoms with Crippen LogP contribution in [0.3, 0.4) is 0 Å². The van der Waals surface area contributed by atoms with Crippen LogP contribution in [0.5, 0.6) is 0 Å². The number of carbonyl (C=O) groups excluding carboxylic acids is 2. The summed E-state index contributed by atoms with van der Waals surface area (Å²) in [6, 6.07) is 19.6. The summed E-state index contributed by atoms with van der Waals surface area (Å²) in [5, 5.41) is 10.6. The van der Waals surface area contributed by atoms with Crippen LogP contribution in [0.1, 0.15) is 15.9 Å². The highest BCUT2D eigenvalue weighted by Gasteiger charge is 2.24. The number of hydrogen-bond acceptors (Lipinski definition) is 3. The van der Waals surface area contributed by atoms with E-state index in [1.807, 2.05) is 49.5 Å². The Bertz CT molecular complexity index is 1240. The lowest BCUT2D eigenvalue weighted by Gasteiger charge is -2.19. The summed E-state index contributed by atoms with van der Waals surface area (Å²) in [5.74, 6) is -1.68. The average Bonchev–Trinajstić information content (AvgIpc) is 3.16. The lowest BCUT2D eigenvalue weighted by molar-refractivity contribution is -0.118. The lowest BCUT2D eigenvalue weighted by Crippen LogP contribution is -2.45. The maximum Gasteiger partial charge on any atom is 0.254 e. The average molecular weight is 416 g/mol. The number of benzene rings is 3. The van der Waals surface area contributed by atoms with Crippen molar-refractivity contribution in [2.45, 2.75) is 12.5 Å². The number of anilines is 1. The Morgan fingerprint density at radius 3 is 2.52 bits per heavy atom. The van der Waals surface area contributed by atoms with Crippen LogP contribution in [0.4, 0.5) is 10.1 Å². The number of carbonyl (C=O) groups is 2. The van der Waals surface area contributed by atoms with Crippen molar-refractivity contribution < 1.29 is 14.0 Å². The first-order valence-electron chi connectivity index (χ1n) is 9.84. The van der Waals surface area contributed by atoms with Gasteiger partial charge in [0.25, 0.3) is 5.91 Å². The van der Waals surface area contributed by atoms with Crippen LogP contribution >= 0.6 is 0 Å². The molecule has 2 amide bonds. The number of aromatic nitrogens is 2. The van der Waals surface area contributed by atoms with Gasteiger partial charge in [0, 0.05) is 18.9 Å². The lowest BCUT2D eigenvalue weighted by atomic mass is 10.0. The van der Waals surface area contributed by atoms with Gasteiger partial charge in [0.1, 0.15) is 11.9 Å². The Balaban J connectivity index is 1.60.